The lowest BCUT2D eigenvalue weighted by Gasteiger charge is -2.36. The van der Waals surface area contributed by atoms with Gasteiger partial charge in [0.05, 0.1) is 0 Å². The number of phenols is 1. The molecule has 1 N–H and O–H groups in total. The summed E-state index contributed by atoms with van der Waals surface area (Å²) in [5.74, 6) is 1.17. The van der Waals surface area contributed by atoms with Crippen molar-refractivity contribution in [1.29, 1.82) is 0 Å². The van der Waals surface area contributed by atoms with E-state index in [0.717, 1.165) is 12.3 Å². The summed E-state index contributed by atoms with van der Waals surface area (Å²) in [6.45, 7) is 2.42. The fourth-order valence-electron chi connectivity index (χ4n) is 1.92. The molecule has 0 atom stereocenters. The fourth-order valence-corrected chi connectivity index (χ4v) is 1.92. The summed E-state index contributed by atoms with van der Waals surface area (Å²) in [4.78, 5) is 2.32. The van der Waals surface area contributed by atoms with E-state index in [1.807, 2.05) is 12.1 Å². The van der Waals surface area contributed by atoms with Crippen LogP contribution in [0.25, 0.3) is 0 Å². The summed E-state index contributed by atoms with van der Waals surface area (Å²) in [7, 11) is 2.15. The number of hydrogen-bond donors (Lipinski definition) is 1. The number of rotatable bonds is 2. The molecule has 1 aliphatic heterocycles. The molecule has 1 saturated heterocycles. The Bertz CT molecular complexity index is 275. The van der Waals surface area contributed by atoms with Gasteiger partial charge < -0.3 is 10.0 Å². The monoisotopic (exact) mass is 177 g/mol. The predicted molar refractivity (Wildman–Crippen MR) is 52.8 cm³/mol. The molecule has 2 heteroatoms. The van der Waals surface area contributed by atoms with E-state index in [9.17, 15) is 0 Å². The van der Waals surface area contributed by atoms with Gasteiger partial charge in [-0.3, -0.25) is 0 Å². The largest absolute Gasteiger partial charge is 0.508 e. The van der Waals surface area contributed by atoms with Gasteiger partial charge in [-0.1, -0.05) is 12.1 Å². The number of phenolic OH excluding ortho intramolecular Hbond substituents is 1. The summed E-state index contributed by atoms with van der Waals surface area (Å²) in [6, 6.07) is 7.54. The van der Waals surface area contributed by atoms with E-state index in [1.54, 1.807) is 12.1 Å². The Morgan fingerprint density at radius 3 is 2.46 bits per heavy atom. The van der Waals surface area contributed by atoms with E-state index in [-0.39, 0.29) is 0 Å². The lowest BCUT2D eigenvalue weighted by atomic mass is 9.93. The van der Waals surface area contributed by atoms with E-state index in [0.29, 0.717) is 5.75 Å². The molecule has 70 valence electrons. The summed E-state index contributed by atoms with van der Waals surface area (Å²) in [6.07, 6.45) is 1.14. The molecule has 2 nitrogen and oxygen atoms in total. The van der Waals surface area contributed by atoms with E-state index < -0.39 is 0 Å². The van der Waals surface area contributed by atoms with Gasteiger partial charge in [-0.25, -0.2) is 0 Å². The number of likely N-dealkylation sites (tertiary alicyclic amines) is 1. The first-order valence-corrected chi connectivity index (χ1v) is 4.70. The minimum atomic E-state index is 0.356. The van der Waals surface area contributed by atoms with Crippen LogP contribution in [0.3, 0.4) is 0 Å². The Morgan fingerprint density at radius 2 is 1.92 bits per heavy atom. The molecule has 0 aliphatic carbocycles. The maximum Gasteiger partial charge on any atom is 0.115 e. The van der Waals surface area contributed by atoms with Gasteiger partial charge in [-0.05, 0) is 37.1 Å². The normalized spacial score (nSPS) is 18.5. The van der Waals surface area contributed by atoms with Gasteiger partial charge >= 0.3 is 0 Å². The Kier molecular flexibility index (Phi) is 2.23. The predicted octanol–water partition coefficient (Wildman–Crippen LogP) is 1.50. The molecular formula is C11H15NO. The van der Waals surface area contributed by atoms with E-state index >= 15 is 0 Å². The van der Waals surface area contributed by atoms with Crippen LogP contribution in [0.5, 0.6) is 5.75 Å². The molecule has 0 saturated carbocycles. The van der Waals surface area contributed by atoms with Gasteiger partial charge in [0.2, 0.25) is 0 Å². The molecule has 1 aromatic rings. The quantitative estimate of drug-likeness (QED) is 0.740. The van der Waals surface area contributed by atoms with Gasteiger partial charge in [0.1, 0.15) is 5.75 Å². The third-order valence-electron chi connectivity index (χ3n) is 2.60. The molecule has 1 fully saturated rings. The van der Waals surface area contributed by atoms with Gasteiger partial charge in [0.25, 0.3) is 0 Å². The molecule has 1 aromatic carbocycles. The van der Waals surface area contributed by atoms with Crippen molar-refractivity contribution in [2.45, 2.75) is 6.42 Å². The van der Waals surface area contributed by atoms with Gasteiger partial charge in [-0.2, -0.15) is 0 Å². The first-order valence-electron chi connectivity index (χ1n) is 4.70. The summed E-state index contributed by atoms with van der Waals surface area (Å²) in [5.41, 5.74) is 1.33. The molecule has 0 spiro atoms. The van der Waals surface area contributed by atoms with Crippen molar-refractivity contribution in [3.63, 3.8) is 0 Å². The van der Waals surface area contributed by atoms with Crippen molar-refractivity contribution >= 4 is 0 Å². The molecule has 1 aliphatic rings. The molecule has 0 bridgehead atoms. The highest BCUT2D eigenvalue weighted by Gasteiger charge is 2.22. The van der Waals surface area contributed by atoms with E-state index in [2.05, 4.69) is 11.9 Å². The second-order valence-corrected chi connectivity index (χ2v) is 3.96. The lowest BCUT2D eigenvalue weighted by molar-refractivity contribution is 0.134. The molecule has 0 amide bonds. The third kappa shape index (κ3) is 2.01. The van der Waals surface area contributed by atoms with E-state index in [4.69, 9.17) is 5.11 Å². The van der Waals surface area contributed by atoms with Crippen LogP contribution in [0.15, 0.2) is 24.3 Å². The standard InChI is InChI=1S/C11H15NO/c1-12-7-10(8-12)6-9-2-4-11(13)5-3-9/h2-5,10,13H,6-8H2,1H3. The van der Waals surface area contributed by atoms with Crippen LogP contribution < -0.4 is 0 Å². The van der Waals surface area contributed by atoms with Gasteiger partial charge in [0, 0.05) is 13.1 Å². The van der Waals surface area contributed by atoms with Crippen molar-refractivity contribution < 1.29 is 5.11 Å². The Morgan fingerprint density at radius 1 is 1.31 bits per heavy atom. The van der Waals surface area contributed by atoms with Crippen LogP contribution in [0.2, 0.25) is 0 Å². The molecular weight excluding hydrogens is 162 g/mol. The SMILES string of the molecule is CN1CC(Cc2ccc(O)cc2)C1. The summed E-state index contributed by atoms with van der Waals surface area (Å²) < 4.78 is 0. The van der Waals surface area contributed by atoms with Crippen LogP contribution in [0.1, 0.15) is 5.56 Å². The molecule has 0 unspecified atom stereocenters. The number of nitrogens with zero attached hydrogens (tertiary/aromatic N) is 1. The minimum absolute atomic E-state index is 0.356. The number of benzene rings is 1. The van der Waals surface area contributed by atoms with Crippen molar-refractivity contribution in [1.82, 2.24) is 4.90 Å². The zero-order valence-electron chi connectivity index (χ0n) is 7.90. The van der Waals surface area contributed by atoms with Gasteiger partial charge in [-0.15, -0.1) is 0 Å². The third-order valence-corrected chi connectivity index (χ3v) is 2.60. The number of hydrogen-bond acceptors (Lipinski definition) is 2. The molecule has 13 heavy (non-hydrogen) atoms. The van der Waals surface area contributed by atoms with Crippen molar-refractivity contribution in [3.8, 4) is 5.75 Å². The summed E-state index contributed by atoms with van der Waals surface area (Å²) >= 11 is 0. The van der Waals surface area contributed by atoms with Crippen LogP contribution in [0, 0.1) is 5.92 Å². The topological polar surface area (TPSA) is 23.5 Å². The molecule has 2 rings (SSSR count). The fraction of sp³-hybridized carbons (Fsp3) is 0.455. The molecule has 1 heterocycles. The first kappa shape index (κ1) is 8.57. The average molecular weight is 177 g/mol. The highest BCUT2D eigenvalue weighted by Crippen LogP contribution is 2.19. The van der Waals surface area contributed by atoms with Gasteiger partial charge in [0.15, 0.2) is 0 Å². The Balaban J connectivity index is 1.91. The molecule has 0 aromatic heterocycles. The van der Waals surface area contributed by atoms with E-state index in [1.165, 1.54) is 18.7 Å². The lowest BCUT2D eigenvalue weighted by Crippen LogP contribution is -2.44. The molecule has 0 radical (unpaired) electrons. The zero-order chi connectivity index (χ0) is 9.26. The highest BCUT2D eigenvalue weighted by molar-refractivity contribution is 5.26. The Labute approximate surface area is 78.8 Å². The number of aromatic hydroxyl groups is 1. The van der Waals surface area contributed by atoms with Crippen molar-refractivity contribution in [2.24, 2.45) is 5.92 Å². The smallest absolute Gasteiger partial charge is 0.115 e. The van der Waals surface area contributed by atoms with Crippen LogP contribution >= 0.6 is 0 Å². The second kappa shape index (κ2) is 3.38. The zero-order valence-corrected chi connectivity index (χ0v) is 7.90. The maximum absolute atomic E-state index is 9.10. The Hall–Kier alpha value is -1.02. The van der Waals surface area contributed by atoms with Crippen LogP contribution in [-0.4, -0.2) is 30.1 Å². The van der Waals surface area contributed by atoms with Crippen LogP contribution in [-0.2, 0) is 6.42 Å². The maximum atomic E-state index is 9.10. The summed E-state index contributed by atoms with van der Waals surface area (Å²) in [5, 5.41) is 9.10. The minimum Gasteiger partial charge on any atom is -0.508 e. The van der Waals surface area contributed by atoms with Crippen molar-refractivity contribution in [2.75, 3.05) is 20.1 Å². The second-order valence-electron chi connectivity index (χ2n) is 3.96. The first-order chi connectivity index (χ1) is 6.24. The average Bonchev–Trinajstić information content (AvgIpc) is 2.06. The van der Waals surface area contributed by atoms with Crippen LogP contribution in [0.4, 0.5) is 0 Å². The van der Waals surface area contributed by atoms with Crippen molar-refractivity contribution in [3.05, 3.63) is 29.8 Å². The highest BCUT2D eigenvalue weighted by atomic mass is 16.3.